The molecule has 0 bridgehead atoms. The number of alkyl halides is 3. The Balaban J connectivity index is 2.32. The minimum atomic E-state index is -4.57. The van der Waals surface area contributed by atoms with Crippen molar-refractivity contribution in [2.24, 2.45) is 11.8 Å². The number of nitrogen functional groups attached to an aromatic ring is 1. The first-order valence-corrected chi connectivity index (χ1v) is 5.74. The summed E-state index contributed by atoms with van der Waals surface area (Å²) in [5.41, 5.74) is 5.42. The maximum atomic E-state index is 12.6. The Morgan fingerprint density at radius 3 is 2.28 bits per heavy atom. The van der Waals surface area contributed by atoms with E-state index in [-0.39, 0.29) is 11.6 Å². The van der Waals surface area contributed by atoms with Crippen molar-refractivity contribution in [1.82, 2.24) is 9.97 Å². The van der Waals surface area contributed by atoms with Crippen LogP contribution in [0.4, 0.5) is 24.8 Å². The van der Waals surface area contributed by atoms with Crippen LogP contribution in [0.2, 0.25) is 0 Å². The van der Waals surface area contributed by atoms with Crippen LogP contribution in [0.15, 0.2) is 6.07 Å². The lowest BCUT2D eigenvalue weighted by atomic mass is 10.0. The smallest absolute Gasteiger partial charge is 0.384 e. The maximum Gasteiger partial charge on any atom is 0.451 e. The summed E-state index contributed by atoms with van der Waals surface area (Å²) >= 11 is 0. The van der Waals surface area contributed by atoms with Crippen molar-refractivity contribution in [3.8, 4) is 0 Å². The van der Waals surface area contributed by atoms with Crippen LogP contribution in [-0.2, 0) is 6.18 Å². The Morgan fingerprint density at radius 1 is 1.22 bits per heavy atom. The van der Waals surface area contributed by atoms with Gasteiger partial charge in [-0.3, -0.25) is 0 Å². The number of rotatable bonds is 1. The summed E-state index contributed by atoms with van der Waals surface area (Å²) in [5.74, 6) is -0.221. The van der Waals surface area contributed by atoms with Crippen LogP contribution in [0, 0.1) is 11.8 Å². The lowest BCUT2D eigenvalue weighted by Crippen LogP contribution is -2.23. The average molecular weight is 260 g/mol. The highest BCUT2D eigenvalue weighted by molar-refractivity contribution is 5.48. The highest BCUT2D eigenvalue weighted by Crippen LogP contribution is 2.31. The van der Waals surface area contributed by atoms with Crippen molar-refractivity contribution in [2.45, 2.75) is 20.0 Å². The van der Waals surface area contributed by atoms with Gasteiger partial charge in [0.1, 0.15) is 11.6 Å². The number of hydrogen-bond donors (Lipinski definition) is 1. The molecule has 1 saturated heterocycles. The molecule has 2 rings (SSSR count). The largest absolute Gasteiger partial charge is 0.451 e. The molecule has 0 aromatic carbocycles. The molecule has 4 nitrogen and oxygen atoms in total. The van der Waals surface area contributed by atoms with Gasteiger partial charge in [-0.15, -0.1) is 0 Å². The van der Waals surface area contributed by atoms with E-state index < -0.39 is 12.0 Å². The molecular weight excluding hydrogens is 245 g/mol. The standard InChI is InChI=1S/C11H15F3N4/c1-6-4-18(5-7(6)2)9-3-8(15)16-10(17-9)11(12,13)14/h3,6-7H,4-5H2,1-2H3,(H2,15,16,17). The van der Waals surface area contributed by atoms with E-state index >= 15 is 0 Å². The van der Waals surface area contributed by atoms with Crippen molar-refractivity contribution in [3.63, 3.8) is 0 Å². The summed E-state index contributed by atoms with van der Waals surface area (Å²) in [6, 6.07) is 1.39. The molecule has 1 aromatic rings. The van der Waals surface area contributed by atoms with Crippen LogP contribution < -0.4 is 10.6 Å². The van der Waals surface area contributed by atoms with Gasteiger partial charge < -0.3 is 10.6 Å². The predicted octanol–water partition coefficient (Wildman–Crippen LogP) is 2.17. The lowest BCUT2D eigenvalue weighted by Gasteiger charge is -2.18. The van der Waals surface area contributed by atoms with Crippen molar-refractivity contribution < 1.29 is 13.2 Å². The number of halogens is 3. The Bertz CT molecular complexity index is 436. The molecule has 2 heterocycles. The second-order valence-electron chi connectivity index (χ2n) is 4.83. The molecule has 0 amide bonds. The summed E-state index contributed by atoms with van der Waals surface area (Å²) in [7, 11) is 0. The maximum absolute atomic E-state index is 12.6. The van der Waals surface area contributed by atoms with E-state index in [2.05, 4.69) is 23.8 Å². The molecule has 0 radical (unpaired) electrons. The Morgan fingerprint density at radius 2 is 1.78 bits per heavy atom. The van der Waals surface area contributed by atoms with E-state index in [4.69, 9.17) is 5.73 Å². The minimum absolute atomic E-state index is 0.153. The first-order valence-electron chi connectivity index (χ1n) is 5.74. The van der Waals surface area contributed by atoms with E-state index in [0.717, 1.165) is 0 Å². The van der Waals surface area contributed by atoms with Crippen LogP contribution in [-0.4, -0.2) is 23.1 Å². The first kappa shape index (κ1) is 12.9. The van der Waals surface area contributed by atoms with Gasteiger partial charge in [-0.05, 0) is 11.8 Å². The topological polar surface area (TPSA) is 55.0 Å². The molecule has 1 aliphatic heterocycles. The molecule has 1 fully saturated rings. The van der Waals surface area contributed by atoms with E-state index in [0.29, 0.717) is 24.9 Å². The molecule has 2 unspecified atom stereocenters. The second-order valence-corrected chi connectivity index (χ2v) is 4.83. The van der Waals surface area contributed by atoms with Gasteiger partial charge in [-0.2, -0.15) is 13.2 Å². The number of nitrogens with two attached hydrogens (primary N) is 1. The summed E-state index contributed by atoms with van der Waals surface area (Å²) in [4.78, 5) is 8.62. The predicted molar refractivity (Wildman–Crippen MR) is 62.0 cm³/mol. The van der Waals surface area contributed by atoms with Crippen molar-refractivity contribution in [1.29, 1.82) is 0 Å². The van der Waals surface area contributed by atoms with Gasteiger partial charge in [0.25, 0.3) is 0 Å². The zero-order chi connectivity index (χ0) is 13.5. The summed E-state index contributed by atoms with van der Waals surface area (Å²) in [6.07, 6.45) is -4.57. The fraction of sp³-hybridized carbons (Fsp3) is 0.636. The first-order chi connectivity index (χ1) is 8.27. The number of nitrogens with zero attached hydrogens (tertiary/aromatic N) is 3. The third-order valence-corrected chi connectivity index (χ3v) is 3.30. The monoisotopic (exact) mass is 260 g/mol. The van der Waals surface area contributed by atoms with Crippen molar-refractivity contribution in [2.75, 3.05) is 23.7 Å². The third-order valence-electron chi connectivity index (χ3n) is 3.30. The second kappa shape index (κ2) is 4.29. The molecule has 2 atom stereocenters. The van der Waals surface area contributed by atoms with Gasteiger partial charge in [0, 0.05) is 19.2 Å². The molecule has 0 spiro atoms. The molecular formula is C11H15F3N4. The average Bonchev–Trinajstić information content (AvgIpc) is 2.57. The molecule has 1 aromatic heterocycles. The highest BCUT2D eigenvalue weighted by atomic mass is 19.4. The van der Waals surface area contributed by atoms with Gasteiger partial charge in [0.2, 0.25) is 5.82 Å². The van der Waals surface area contributed by atoms with Crippen LogP contribution in [0.3, 0.4) is 0 Å². The quantitative estimate of drug-likeness (QED) is 0.840. The van der Waals surface area contributed by atoms with E-state index in [1.165, 1.54) is 6.07 Å². The van der Waals surface area contributed by atoms with E-state index in [9.17, 15) is 13.2 Å². The lowest BCUT2D eigenvalue weighted by molar-refractivity contribution is -0.144. The van der Waals surface area contributed by atoms with Gasteiger partial charge in [-0.1, -0.05) is 13.8 Å². The van der Waals surface area contributed by atoms with E-state index in [1.54, 1.807) is 0 Å². The number of anilines is 2. The van der Waals surface area contributed by atoms with Crippen LogP contribution in [0.5, 0.6) is 0 Å². The zero-order valence-corrected chi connectivity index (χ0v) is 10.2. The van der Waals surface area contributed by atoms with Gasteiger partial charge in [0.05, 0.1) is 0 Å². The normalized spacial score (nSPS) is 24.6. The Labute approximate surface area is 103 Å². The molecule has 0 saturated carbocycles. The molecule has 0 aliphatic carbocycles. The summed E-state index contributed by atoms with van der Waals surface area (Å²) < 4.78 is 37.8. The third kappa shape index (κ3) is 2.49. The Kier molecular flexibility index (Phi) is 3.08. The van der Waals surface area contributed by atoms with Gasteiger partial charge >= 0.3 is 6.18 Å². The molecule has 1 aliphatic rings. The van der Waals surface area contributed by atoms with Crippen LogP contribution >= 0.6 is 0 Å². The summed E-state index contributed by atoms with van der Waals surface area (Å²) in [5, 5.41) is 0. The van der Waals surface area contributed by atoms with Crippen molar-refractivity contribution >= 4 is 11.6 Å². The molecule has 18 heavy (non-hydrogen) atoms. The molecule has 7 heteroatoms. The molecule has 100 valence electrons. The number of aromatic nitrogens is 2. The number of hydrogen-bond acceptors (Lipinski definition) is 4. The summed E-state index contributed by atoms with van der Waals surface area (Å²) in [6.45, 7) is 5.52. The minimum Gasteiger partial charge on any atom is -0.384 e. The molecule has 2 N–H and O–H groups in total. The zero-order valence-electron chi connectivity index (χ0n) is 10.2. The van der Waals surface area contributed by atoms with Crippen LogP contribution in [0.25, 0.3) is 0 Å². The fourth-order valence-corrected chi connectivity index (χ4v) is 2.06. The SMILES string of the molecule is CC1CN(c2cc(N)nc(C(F)(F)F)n2)CC1C. The van der Waals surface area contributed by atoms with E-state index in [1.807, 2.05) is 4.90 Å². The van der Waals surface area contributed by atoms with Gasteiger partial charge in [0.15, 0.2) is 0 Å². The van der Waals surface area contributed by atoms with Gasteiger partial charge in [-0.25, -0.2) is 9.97 Å². The fourth-order valence-electron chi connectivity index (χ4n) is 2.06. The highest BCUT2D eigenvalue weighted by Gasteiger charge is 2.36. The van der Waals surface area contributed by atoms with Crippen LogP contribution in [0.1, 0.15) is 19.7 Å². The van der Waals surface area contributed by atoms with Crippen molar-refractivity contribution in [3.05, 3.63) is 11.9 Å². The Hall–Kier alpha value is -1.53.